The molecule has 0 radical (unpaired) electrons. The SMILES string of the molecule is C=C(C)[C@@]12O[C@@]3(C)O[C@@H]1[C@@H]1C=C(CO)C[C@]4(O)C(=O)C(C)=C[C@H]4[C@@]1(O3)[C@H](C)[C@H]2OC(C)=O. The molecule has 174 valence electrons. The molecule has 32 heavy (non-hydrogen) atoms. The van der Waals surface area contributed by atoms with Gasteiger partial charge < -0.3 is 29.2 Å². The molecule has 2 N–H and O–H groups in total. The Morgan fingerprint density at radius 1 is 1.31 bits per heavy atom. The van der Waals surface area contributed by atoms with Gasteiger partial charge in [0.1, 0.15) is 17.8 Å². The highest BCUT2D eigenvalue weighted by Crippen LogP contribution is 2.68. The van der Waals surface area contributed by atoms with E-state index in [1.165, 1.54) is 6.92 Å². The minimum Gasteiger partial charge on any atom is -0.459 e. The van der Waals surface area contributed by atoms with Gasteiger partial charge in [-0.05, 0) is 30.6 Å². The van der Waals surface area contributed by atoms with Crippen LogP contribution in [0.4, 0.5) is 0 Å². The first-order valence-electron chi connectivity index (χ1n) is 11.0. The lowest BCUT2D eigenvalue weighted by molar-refractivity contribution is -0.414. The van der Waals surface area contributed by atoms with E-state index in [1.54, 1.807) is 26.8 Å². The van der Waals surface area contributed by atoms with Gasteiger partial charge in [-0.3, -0.25) is 9.59 Å². The summed E-state index contributed by atoms with van der Waals surface area (Å²) in [5, 5.41) is 21.9. The van der Waals surface area contributed by atoms with E-state index in [0.29, 0.717) is 16.7 Å². The second-order valence-corrected chi connectivity index (χ2v) is 10.1. The number of ketones is 1. The number of hydrogen-bond donors (Lipinski definition) is 2. The maximum atomic E-state index is 13.2. The Balaban J connectivity index is 1.82. The van der Waals surface area contributed by atoms with Gasteiger partial charge in [-0.1, -0.05) is 25.7 Å². The lowest BCUT2D eigenvalue weighted by Crippen LogP contribution is -2.74. The van der Waals surface area contributed by atoms with E-state index in [4.69, 9.17) is 18.9 Å². The van der Waals surface area contributed by atoms with E-state index >= 15 is 0 Å². The molecule has 8 heteroatoms. The van der Waals surface area contributed by atoms with Gasteiger partial charge in [0.15, 0.2) is 11.4 Å². The van der Waals surface area contributed by atoms with Crippen molar-refractivity contribution >= 4 is 11.8 Å². The van der Waals surface area contributed by atoms with E-state index in [2.05, 4.69) is 6.58 Å². The van der Waals surface area contributed by atoms with Crippen LogP contribution in [0, 0.1) is 17.8 Å². The van der Waals surface area contributed by atoms with Gasteiger partial charge in [0.25, 0.3) is 5.97 Å². The molecular formula is C24H30O8. The summed E-state index contributed by atoms with van der Waals surface area (Å²) in [4.78, 5) is 25.4. The average molecular weight is 446 g/mol. The Morgan fingerprint density at radius 3 is 2.59 bits per heavy atom. The highest BCUT2D eigenvalue weighted by molar-refractivity contribution is 6.04. The van der Waals surface area contributed by atoms with Crippen molar-refractivity contribution in [2.24, 2.45) is 17.8 Å². The first-order chi connectivity index (χ1) is 14.9. The van der Waals surface area contributed by atoms with Gasteiger partial charge in [-0.15, -0.1) is 0 Å². The third-order valence-electron chi connectivity index (χ3n) is 8.16. The van der Waals surface area contributed by atoms with Gasteiger partial charge in [0.2, 0.25) is 0 Å². The molecule has 0 unspecified atom stereocenters. The van der Waals surface area contributed by atoms with Crippen molar-refractivity contribution in [2.45, 2.75) is 76.0 Å². The number of rotatable bonds is 3. The largest absolute Gasteiger partial charge is 0.459 e. The van der Waals surface area contributed by atoms with Crippen LogP contribution in [0.1, 0.15) is 41.0 Å². The normalized spacial score (nSPS) is 50.8. The molecular weight excluding hydrogens is 416 g/mol. The molecule has 3 aliphatic carbocycles. The smallest absolute Gasteiger partial charge is 0.303 e. The summed E-state index contributed by atoms with van der Waals surface area (Å²) in [6.07, 6.45) is 2.11. The van der Waals surface area contributed by atoms with Crippen molar-refractivity contribution in [3.8, 4) is 0 Å². The molecule has 3 fully saturated rings. The van der Waals surface area contributed by atoms with Gasteiger partial charge in [0, 0.05) is 38.0 Å². The highest BCUT2D eigenvalue weighted by Gasteiger charge is 2.82. The molecule has 5 aliphatic rings. The van der Waals surface area contributed by atoms with E-state index in [0.717, 1.165) is 0 Å². The molecule has 0 aromatic carbocycles. The molecule has 2 saturated heterocycles. The quantitative estimate of drug-likeness (QED) is 0.496. The van der Waals surface area contributed by atoms with Gasteiger partial charge >= 0.3 is 5.97 Å². The van der Waals surface area contributed by atoms with Gasteiger partial charge in [0.05, 0.1) is 12.2 Å². The number of carbonyl (C=O) groups is 2. The summed E-state index contributed by atoms with van der Waals surface area (Å²) in [7, 11) is 0. The monoisotopic (exact) mass is 446 g/mol. The lowest BCUT2D eigenvalue weighted by atomic mass is 9.53. The summed E-state index contributed by atoms with van der Waals surface area (Å²) in [6.45, 7) is 12.2. The van der Waals surface area contributed by atoms with Crippen LogP contribution in [0.15, 0.2) is 35.5 Å². The first kappa shape index (κ1) is 22.0. The van der Waals surface area contributed by atoms with E-state index in [9.17, 15) is 19.8 Å². The van der Waals surface area contributed by atoms with Crippen LogP contribution >= 0.6 is 0 Å². The van der Waals surface area contributed by atoms with Crippen LogP contribution < -0.4 is 0 Å². The van der Waals surface area contributed by atoms with Crippen molar-refractivity contribution < 1.29 is 38.7 Å². The summed E-state index contributed by atoms with van der Waals surface area (Å²) in [5.74, 6) is -4.12. The summed E-state index contributed by atoms with van der Waals surface area (Å²) < 4.78 is 25.2. The highest BCUT2D eigenvalue weighted by atomic mass is 16.9. The Labute approximate surface area is 186 Å². The van der Waals surface area contributed by atoms with Crippen molar-refractivity contribution in [3.63, 3.8) is 0 Å². The predicted octanol–water partition coefficient (Wildman–Crippen LogP) is 1.56. The molecule has 5 rings (SSSR count). The van der Waals surface area contributed by atoms with Crippen molar-refractivity contribution in [3.05, 3.63) is 35.5 Å². The molecule has 0 aromatic rings. The third kappa shape index (κ3) is 2.34. The fourth-order valence-electron chi connectivity index (χ4n) is 7.06. The van der Waals surface area contributed by atoms with E-state index < -0.39 is 64.5 Å². The summed E-state index contributed by atoms with van der Waals surface area (Å²) in [5.41, 5.74) is -2.59. The summed E-state index contributed by atoms with van der Waals surface area (Å²) in [6, 6.07) is 0. The van der Waals surface area contributed by atoms with E-state index in [-0.39, 0.29) is 13.0 Å². The standard InChI is InChI=1S/C24H30O8/c1-11(2)23-19(29-14(5)26)13(4)24-16(20(23)30-21(6,31-23)32-24)8-15(10-25)9-22(28)17(24)7-12(3)18(22)27/h7-8,13,16-17,19-20,25,28H,1,9-10H2,2-6H3/t13-,16+,17-,19-,20-,21-,22-,23+,24-/m1/s1. The molecule has 0 aromatic heterocycles. The maximum Gasteiger partial charge on any atom is 0.303 e. The van der Waals surface area contributed by atoms with Gasteiger partial charge in [-0.2, -0.15) is 0 Å². The Hall–Kier alpha value is -1.84. The molecule has 8 nitrogen and oxygen atoms in total. The van der Waals surface area contributed by atoms with Crippen LogP contribution in [0.3, 0.4) is 0 Å². The fraction of sp³-hybridized carbons (Fsp3) is 0.667. The number of aliphatic hydroxyl groups excluding tert-OH is 1. The molecule has 3 bridgehead atoms. The van der Waals surface area contributed by atoms with Crippen LogP contribution in [0.25, 0.3) is 0 Å². The second-order valence-electron chi connectivity index (χ2n) is 10.1. The molecule has 2 heterocycles. The third-order valence-corrected chi connectivity index (χ3v) is 8.16. The molecule has 0 spiro atoms. The number of carbonyl (C=O) groups excluding carboxylic acids is 2. The number of fused-ring (bicyclic) bond motifs is 2. The topological polar surface area (TPSA) is 112 Å². The number of esters is 1. The minimum absolute atomic E-state index is 0.0161. The Bertz CT molecular complexity index is 998. The van der Waals surface area contributed by atoms with Gasteiger partial charge in [-0.25, -0.2) is 0 Å². The van der Waals surface area contributed by atoms with Crippen LogP contribution in [-0.2, 0) is 28.5 Å². The fourth-order valence-corrected chi connectivity index (χ4v) is 7.06. The predicted molar refractivity (Wildman–Crippen MR) is 111 cm³/mol. The van der Waals surface area contributed by atoms with Crippen LogP contribution in [0.2, 0.25) is 0 Å². The zero-order chi connectivity index (χ0) is 23.4. The van der Waals surface area contributed by atoms with Crippen LogP contribution in [0.5, 0.6) is 0 Å². The molecule has 2 aliphatic heterocycles. The van der Waals surface area contributed by atoms with Crippen molar-refractivity contribution in [1.82, 2.24) is 0 Å². The number of hydrogen-bond acceptors (Lipinski definition) is 8. The van der Waals surface area contributed by atoms with Crippen LogP contribution in [-0.4, -0.2) is 63.6 Å². The Kier molecular flexibility index (Phi) is 4.39. The molecule has 0 amide bonds. The zero-order valence-corrected chi connectivity index (χ0v) is 19.0. The van der Waals surface area contributed by atoms with Crippen molar-refractivity contribution in [2.75, 3.05) is 6.61 Å². The lowest BCUT2D eigenvalue weighted by Gasteiger charge is -2.60. The molecule has 1 saturated carbocycles. The van der Waals surface area contributed by atoms with Crippen molar-refractivity contribution in [1.29, 1.82) is 0 Å². The minimum atomic E-state index is -1.79. The first-order valence-corrected chi connectivity index (χ1v) is 11.0. The molecule has 9 atom stereocenters. The number of ether oxygens (including phenoxy) is 4. The Morgan fingerprint density at radius 2 is 2.00 bits per heavy atom. The summed E-state index contributed by atoms with van der Waals surface area (Å²) >= 11 is 0. The zero-order valence-electron chi connectivity index (χ0n) is 19.0. The van der Waals surface area contributed by atoms with E-state index in [1.807, 2.05) is 13.0 Å². The maximum absolute atomic E-state index is 13.2. The average Bonchev–Trinajstić information content (AvgIpc) is 3.03. The second kappa shape index (κ2) is 6.39. The number of Topliss-reactive ketones (excluding diaryl/α,β-unsaturated/α-hetero) is 1. The number of aliphatic hydroxyl groups is 2.